The number of likely N-dealkylation sites (N-methyl/N-ethyl adjacent to an activating group) is 1. The van der Waals surface area contributed by atoms with Crippen LogP contribution in [0.4, 0.5) is 0 Å². The summed E-state index contributed by atoms with van der Waals surface area (Å²) in [7, 11) is 1.97. The zero-order valence-corrected chi connectivity index (χ0v) is 6.82. The Morgan fingerprint density at radius 2 is 2.42 bits per heavy atom. The van der Waals surface area contributed by atoms with Crippen LogP contribution in [0, 0.1) is 0 Å². The quantitative estimate of drug-likeness (QED) is 0.460. The van der Waals surface area contributed by atoms with Gasteiger partial charge in [0.25, 0.3) is 0 Å². The van der Waals surface area contributed by atoms with Crippen LogP contribution < -0.4 is 0 Å². The second-order valence-corrected chi connectivity index (χ2v) is 2.99. The molecule has 0 unspecified atom stereocenters. The molecule has 1 aromatic rings. The third kappa shape index (κ3) is 1.00. The first-order chi connectivity index (χ1) is 5.81. The molecule has 0 spiro atoms. The highest BCUT2D eigenvalue weighted by atomic mass is 16.4. The smallest absolute Gasteiger partial charge is 0.157 e. The zero-order valence-electron chi connectivity index (χ0n) is 6.82. The molecular weight excluding hydrogens is 156 g/mol. The van der Waals surface area contributed by atoms with Crippen molar-refractivity contribution in [3.8, 4) is 0 Å². The van der Waals surface area contributed by atoms with Crippen molar-refractivity contribution in [3.63, 3.8) is 0 Å². The molecular formula is C8H10N2O2. The maximum Gasteiger partial charge on any atom is 0.157 e. The van der Waals surface area contributed by atoms with E-state index < -0.39 is 0 Å². The third-order valence-corrected chi connectivity index (χ3v) is 1.99. The average Bonchev–Trinajstić information content (AvgIpc) is 2.50. The monoisotopic (exact) mass is 166 g/mol. The predicted octanol–water partition coefficient (Wildman–Crippen LogP) is 0.903. The van der Waals surface area contributed by atoms with E-state index in [1.807, 2.05) is 13.1 Å². The van der Waals surface area contributed by atoms with Crippen LogP contribution in [0.1, 0.15) is 11.3 Å². The molecule has 1 N–H and O–H groups in total. The van der Waals surface area contributed by atoms with Gasteiger partial charge in [-0.1, -0.05) is 5.16 Å². The van der Waals surface area contributed by atoms with Crippen LogP contribution in [-0.4, -0.2) is 29.4 Å². The van der Waals surface area contributed by atoms with Crippen molar-refractivity contribution in [2.24, 2.45) is 5.16 Å². The van der Waals surface area contributed by atoms with Crippen molar-refractivity contribution in [3.05, 3.63) is 23.7 Å². The van der Waals surface area contributed by atoms with Gasteiger partial charge < -0.3 is 9.62 Å². The normalized spacial score (nSPS) is 21.2. The average molecular weight is 166 g/mol. The number of hydrogen-bond acceptors (Lipinski definition) is 4. The molecule has 1 aliphatic heterocycles. The van der Waals surface area contributed by atoms with Gasteiger partial charge in [-0.15, -0.1) is 0 Å². The van der Waals surface area contributed by atoms with E-state index in [0.29, 0.717) is 12.3 Å². The Kier molecular flexibility index (Phi) is 1.62. The Bertz CT molecular complexity index is 317. The van der Waals surface area contributed by atoms with Crippen molar-refractivity contribution < 1.29 is 9.62 Å². The van der Waals surface area contributed by atoms with Crippen LogP contribution in [0.5, 0.6) is 0 Å². The molecule has 12 heavy (non-hydrogen) atoms. The van der Waals surface area contributed by atoms with E-state index in [1.165, 1.54) is 0 Å². The minimum absolute atomic E-state index is 0.601. The lowest BCUT2D eigenvalue weighted by molar-refractivity contribution is 0.302. The molecule has 0 radical (unpaired) electrons. The van der Waals surface area contributed by atoms with E-state index in [-0.39, 0.29) is 0 Å². The number of fused-ring (bicyclic) bond motifs is 1. The lowest BCUT2D eigenvalue weighted by Crippen LogP contribution is -2.31. The molecule has 2 rings (SSSR count). The van der Waals surface area contributed by atoms with Gasteiger partial charge in [0.05, 0.1) is 6.26 Å². The lowest BCUT2D eigenvalue weighted by Gasteiger charge is -2.21. The third-order valence-electron chi connectivity index (χ3n) is 1.99. The van der Waals surface area contributed by atoms with Gasteiger partial charge >= 0.3 is 0 Å². The van der Waals surface area contributed by atoms with Crippen LogP contribution >= 0.6 is 0 Å². The Morgan fingerprint density at radius 3 is 3.17 bits per heavy atom. The first-order valence-electron chi connectivity index (χ1n) is 3.77. The van der Waals surface area contributed by atoms with Crippen molar-refractivity contribution in [1.29, 1.82) is 0 Å². The Morgan fingerprint density at radius 1 is 1.58 bits per heavy atom. The van der Waals surface area contributed by atoms with Crippen LogP contribution in [0.25, 0.3) is 0 Å². The molecule has 4 nitrogen and oxygen atoms in total. The second-order valence-electron chi connectivity index (χ2n) is 2.99. The number of hydrogen-bond donors (Lipinski definition) is 1. The molecule has 0 aliphatic carbocycles. The van der Waals surface area contributed by atoms with Gasteiger partial charge in [0, 0.05) is 18.7 Å². The van der Waals surface area contributed by atoms with Crippen molar-refractivity contribution in [2.45, 2.75) is 6.54 Å². The maximum atomic E-state index is 8.68. The predicted molar refractivity (Wildman–Crippen MR) is 43.4 cm³/mol. The lowest BCUT2D eigenvalue weighted by atomic mass is 10.1. The van der Waals surface area contributed by atoms with E-state index in [2.05, 4.69) is 10.1 Å². The SMILES string of the molecule is CN1C/C(=N\O)c2occc2C1. The second kappa shape index (κ2) is 2.64. The summed E-state index contributed by atoms with van der Waals surface area (Å²) in [4.78, 5) is 2.06. The molecule has 2 heterocycles. The van der Waals surface area contributed by atoms with E-state index in [1.54, 1.807) is 6.26 Å². The molecule has 64 valence electrons. The van der Waals surface area contributed by atoms with Crippen LogP contribution in [-0.2, 0) is 6.54 Å². The van der Waals surface area contributed by atoms with Crippen LogP contribution in [0.2, 0.25) is 0 Å². The Balaban J connectivity index is 2.45. The number of nitrogens with zero attached hydrogens (tertiary/aromatic N) is 2. The number of furan rings is 1. The summed E-state index contributed by atoms with van der Waals surface area (Å²) < 4.78 is 5.19. The van der Waals surface area contributed by atoms with Gasteiger partial charge in [-0.2, -0.15) is 0 Å². The van der Waals surface area contributed by atoms with Gasteiger partial charge in [-0.3, -0.25) is 4.90 Å². The molecule has 0 atom stereocenters. The minimum Gasteiger partial charge on any atom is -0.463 e. The molecule has 1 aromatic heterocycles. The molecule has 0 bridgehead atoms. The molecule has 0 saturated heterocycles. The fourth-order valence-electron chi connectivity index (χ4n) is 1.46. The van der Waals surface area contributed by atoms with Crippen molar-refractivity contribution in [2.75, 3.05) is 13.6 Å². The number of rotatable bonds is 0. The molecule has 4 heteroatoms. The highest BCUT2D eigenvalue weighted by Gasteiger charge is 2.22. The summed E-state index contributed by atoms with van der Waals surface area (Å²) in [5, 5.41) is 11.9. The van der Waals surface area contributed by atoms with E-state index in [4.69, 9.17) is 9.62 Å². The van der Waals surface area contributed by atoms with Crippen LogP contribution in [0.3, 0.4) is 0 Å². The fourth-order valence-corrected chi connectivity index (χ4v) is 1.46. The van der Waals surface area contributed by atoms with Gasteiger partial charge in [-0.25, -0.2) is 0 Å². The molecule has 0 fully saturated rings. The Hall–Kier alpha value is -1.29. The number of oxime groups is 1. The summed E-state index contributed by atoms with van der Waals surface area (Å²) >= 11 is 0. The summed E-state index contributed by atoms with van der Waals surface area (Å²) in [6.07, 6.45) is 1.62. The first-order valence-corrected chi connectivity index (χ1v) is 3.77. The standard InChI is InChI=1S/C8H10N2O2/c1-10-4-6-2-3-12-8(6)7(5-10)9-11/h2-3,11H,4-5H2,1H3/b9-7+. The maximum absolute atomic E-state index is 8.68. The molecule has 0 amide bonds. The van der Waals surface area contributed by atoms with Gasteiger partial charge in [0.1, 0.15) is 5.71 Å². The summed E-state index contributed by atoms with van der Waals surface area (Å²) in [5.41, 5.74) is 1.68. The van der Waals surface area contributed by atoms with Crippen molar-refractivity contribution in [1.82, 2.24) is 4.90 Å². The zero-order chi connectivity index (χ0) is 8.55. The summed E-state index contributed by atoms with van der Waals surface area (Å²) in [5.74, 6) is 0.718. The summed E-state index contributed by atoms with van der Waals surface area (Å²) in [6, 6.07) is 1.90. The van der Waals surface area contributed by atoms with Crippen molar-refractivity contribution >= 4 is 5.71 Å². The minimum atomic E-state index is 0.601. The largest absolute Gasteiger partial charge is 0.463 e. The van der Waals surface area contributed by atoms with Gasteiger partial charge in [0.2, 0.25) is 0 Å². The highest BCUT2D eigenvalue weighted by molar-refractivity contribution is 6.01. The molecule has 0 aromatic carbocycles. The highest BCUT2D eigenvalue weighted by Crippen LogP contribution is 2.18. The molecule has 1 aliphatic rings. The topological polar surface area (TPSA) is 49.0 Å². The summed E-state index contributed by atoms with van der Waals surface area (Å²) in [6.45, 7) is 1.49. The Labute approximate surface area is 70.1 Å². The van der Waals surface area contributed by atoms with E-state index >= 15 is 0 Å². The van der Waals surface area contributed by atoms with Gasteiger partial charge in [-0.05, 0) is 13.1 Å². The van der Waals surface area contributed by atoms with Crippen LogP contribution in [0.15, 0.2) is 21.9 Å². The van der Waals surface area contributed by atoms with E-state index in [0.717, 1.165) is 17.9 Å². The first kappa shape index (κ1) is 7.36. The fraction of sp³-hybridized carbons (Fsp3) is 0.375. The van der Waals surface area contributed by atoms with Gasteiger partial charge in [0.15, 0.2) is 5.76 Å². The molecule has 0 saturated carbocycles. The van der Waals surface area contributed by atoms with E-state index in [9.17, 15) is 0 Å².